The summed E-state index contributed by atoms with van der Waals surface area (Å²) in [4.78, 5) is 26.6. The molecule has 1 saturated heterocycles. The van der Waals surface area contributed by atoms with Gasteiger partial charge in [0.1, 0.15) is 10.3 Å². The van der Waals surface area contributed by atoms with Gasteiger partial charge in [0.25, 0.3) is 5.96 Å². The van der Waals surface area contributed by atoms with Gasteiger partial charge in [-0.05, 0) is 29.4 Å². The van der Waals surface area contributed by atoms with Crippen molar-refractivity contribution < 1.29 is 14.5 Å². The van der Waals surface area contributed by atoms with Crippen LogP contribution in [0.4, 0.5) is 0 Å². The smallest absolute Gasteiger partial charge is 0.331 e. The zero-order chi connectivity index (χ0) is 17.7. The third kappa shape index (κ3) is 4.83. The predicted octanol–water partition coefficient (Wildman–Crippen LogP) is 2.64. The van der Waals surface area contributed by atoms with Gasteiger partial charge in [-0.3, -0.25) is 9.24 Å². The van der Waals surface area contributed by atoms with Gasteiger partial charge in [0, 0.05) is 31.6 Å². The summed E-state index contributed by atoms with van der Waals surface area (Å²) < 4.78 is 13.6. The van der Waals surface area contributed by atoms with Crippen LogP contribution in [0.25, 0.3) is 0 Å². The number of guanidine groups is 1. The molecular weight excluding hydrogens is 377 g/mol. The van der Waals surface area contributed by atoms with E-state index in [-0.39, 0.29) is 19.0 Å². The van der Waals surface area contributed by atoms with E-state index in [0.29, 0.717) is 17.5 Å². The van der Waals surface area contributed by atoms with Crippen molar-refractivity contribution in [2.24, 2.45) is 5.10 Å². The van der Waals surface area contributed by atoms with Crippen molar-refractivity contribution in [1.82, 2.24) is 14.6 Å². The lowest BCUT2D eigenvalue weighted by Gasteiger charge is -2.24. The third-order valence-corrected chi connectivity index (χ3v) is 7.49. The van der Waals surface area contributed by atoms with E-state index in [9.17, 15) is 19.6 Å². The van der Waals surface area contributed by atoms with Gasteiger partial charge in [-0.2, -0.15) is 0 Å². The molecule has 0 bridgehead atoms. The Labute approximate surface area is 148 Å². The zero-order valence-electron chi connectivity index (χ0n) is 12.9. The van der Waals surface area contributed by atoms with Crippen LogP contribution in [0.1, 0.15) is 18.9 Å². The van der Waals surface area contributed by atoms with E-state index in [1.165, 1.54) is 0 Å². The van der Waals surface area contributed by atoms with E-state index in [1.807, 2.05) is 6.92 Å². The normalized spacial score (nSPS) is 18.9. The Morgan fingerprint density at radius 3 is 2.88 bits per heavy atom. The molecule has 0 amide bonds. The number of aromatic nitrogens is 1. The van der Waals surface area contributed by atoms with Crippen LogP contribution in [0, 0.1) is 10.1 Å². The van der Waals surface area contributed by atoms with E-state index in [0.717, 1.165) is 28.0 Å². The molecule has 24 heavy (non-hydrogen) atoms. The average Bonchev–Trinajstić information content (AvgIpc) is 2.90. The fourth-order valence-electron chi connectivity index (χ4n) is 2.16. The molecule has 12 heteroatoms. The highest BCUT2D eigenvalue weighted by molar-refractivity contribution is 8.55. The fourth-order valence-corrected chi connectivity index (χ4v) is 5.71. The molecule has 0 radical (unpaired) electrons. The number of nitrogens with zero attached hydrogens (tertiary/aromatic N) is 5. The first-order chi connectivity index (χ1) is 11.3. The third-order valence-electron chi connectivity index (χ3n) is 3.20. The Kier molecular flexibility index (Phi) is 6.45. The second kappa shape index (κ2) is 8.15. The molecule has 2 rings (SSSR count). The Balaban J connectivity index is 2.22. The van der Waals surface area contributed by atoms with Crippen molar-refractivity contribution in [3.8, 4) is 0 Å². The largest absolute Gasteiger partial charge is 0.353 e. The number of pyridine rings is 1. The number of halogens is 1. The van der Waals surface area contributed by atoms with Crippen molar-refractivity contribution in [2.45, 2.75) is 19.9 Å². The molecule has 132 valence electrons. The molecule has 9 nitrogen and oxygen atoms in total. The molecule has 1 aromatic heterocycles. The highest BCUT2D eigenvalue weighted by Gasteiger charge is 2.41. The average molecular weight is 394 g/mol. The van der Waals surface area contributed by atoms with Crippen molar-refractivity contribution in [3.63, 3.8) is 0 Å². The van der Waals surface area contributed by atoms with E-state index in [1.54, 1.807) is 23.2 Å². The standard InChI is InChI=1S/C12H17ClN5O4PS/c1-2-7-24-23(21,22)17-6-5-16(12(17)15-18(19)20)9-10-3-4-11(13)14-8-10/h3-4,8H,2,5-7,9H2,1H3,(H,21,22). The van der Waals surface area contributed by atoms with Crippen LogP contribution in [0.15, 0.2) is 23.4 Å². The lowest BCUT2D eigenvalue weighted by molar-refractivity contribution is -0.486. The van der Waals surface area contributed by atoms with Crippen LogP contribution in [-0.4, -0.2) is 49.3 Å². The minimum Gasteiger partial charge on any atom is -0.331 e. The maximum absolute atomic E-state index is 12.5. The minimum absolute atomic E-state index is 0.107. The summed E-state index contributed by atoms with van der Waals surface area (Å²) in [6, 6.07) is 3.36. The zero-order valence-corrected chi connectivity index (χ0v) is 15.4. The highest BCUT2D eigenvalue weighted by atomic mass is 35.5. The van der Waals surface area contributed by atoms with E-state index in [4.69, 9.17) is 11.6 Å². The number of hydrogen-bond donors (Lipinski definition) is 1. The number of nitro groups is 1. The number of rotatable bonds is 7. The van der Waals surface area contributed by atoms with Gasteiger partial charge in [0.05, 0.1) is 0 Å². The lowest BCUT2D eigenvalue weighted by atomic mass is 10.3. The predicted molar refractivity (Wildman–Crippen MR) is 93.4 cm³/mol. The Morgan fingerprint density at radius 2 is 2.29 bits per heavy atom. The maximum atomic E-state index is 12.5. The summed E-state index contributed by atoms with van der Waals surface area (Å²) in [5, 5.41) is 13.7. The molecule has 1 atom stereocenters. The van der Waals surface area contributed by atoms with Crippen LogP contribution in [-0.2, 0) is 11.1 Å². The SMILES string of the molecule is CCCSP(=O)(O)N1CCN(Cc2ccc(Cl)nc2)C1=N[N+](=O)[O-]. The lowest BCUT2D eigenvalue weighted by Crippen LogP contribution is -2.32. The molecule has 0 aliphatic carbocycles. The molecule has 1 N–H and O–H groups in total. The van der Waals surface area contributed by atoms with Crippen molar-refractivity contribution in [3.05, 3.63) is 39.2 Å². The summed E-state index contributed by atoms with van der Waals surface area (Å²) in [5.41, 5.74) is 0.770. The van der Waals surface area contributed by atoms with Gasteiger partial charge in [0.2, 0.25) is 0 Å². The van der Waals surface area contributed by atoms with Gasteiger partial charge >= 0.3 is 6.72 Å². The van der Waals surface area contributed by atoms with Gasteiger partial charge in [0.15, 0.2) is 5.03 Å². The van der Waals surface area contributed by atoms with Crippen LogP contribution in [0.5, 0.6) is 0 Å². The molecule has 1 unspecified atom stereocenters. The molecule has 0 aromatic carbocycles. The van der Waals surface area contributed by atoms with Gasteiger partial charge < -0.3 is 9.79 Å². The van der Waals surface area contributed by atoms with E-state index < -0.39 is 11.8 Å². The maximum Gasteiger partial charge on any atom is 0.353 e. The summed E-state index contributed by atoms with van der Waals surface area (Å²) in [5.74, 6) is 0.376. The number of hydrogen-bond acceptors (Lipinski definition) is 5. The topological polar surface area (TPSA) is 112 Å². The molecular formula is C12H17ClN5O4PS. The quantitative estimate of drug-likeness (QED) is 0.325. The molecule has 0 spiro atoms. The van der Waals surface area contributed by atoms with Crippen LogP contribution < -0.4 is 0 Å². The first-order valence-electron chi connectivity index (χ1n) is 7.17. The fraction of sp³-hybridized carbons (Fsp3) is 0.500. The summed E-state index contributed by atoms with van der Waals surface area (Å²) in [6.07, 6.45) is 2.28. The molecule has 0 saturated carbocycles. The summed E-state index contributed by atoms with van der Waals surface area (Å²) >= 11 is 6.63. The molecule has 2 heterocycles. The van der Waals surface area contributed by atoms with Crippen molar-refractivity contribution in [2.75, 3.05) is 18.8 Å². The molecule has 1 fully saturated rings. The van der Waals surface area contributed by atoms with Crippen LogP contribution >= 0.6 is 29.7 Å². The molecule has 1 aliphatic heterocycles. The Bertz CT molecular complexity index is 674. The van der Waals surface area contributed by atoms with Gasteiger partial charge in [-0.25, -0.2) is 15.1 Å². The first-order valence-corrected chi connectivity index (χ1v) is 10.8. The second-order valence-corrected chi connectivity index (χ2v) is 9.71. The minimum atomic E-state index is -3.78. The molecule has 1 aromatic rings. The van der Waals surface area contributed by atoms with E-state index in [2.05, 4.69) is 10.1 Å². The summed E-state index contributed by atoms with van der Waals surface area (Å²) in [7, 11) is 0. The van der Waals surface area contributed by atoms with Crippen molar-refractivity contribution >= 4 is 35.7 Å². The van der Waals surface area contributed by atoms with Crippen molar-refractivity contribution in [1.29, 1.82) is 0 Å². The second-order valence-electron chi connectivity index (χ2n) is 5.00. The number of hydrazone groups is 1. The van der Waals surface area contributed by atoms with E-state index >= 15 is 0 Å². The summed E-state index contributed by atoms with van der Waals surface area (Å²) in [6.45, 7) is -1.06. The first kappa shape index (κ1) is 19.0. The van der Waals surface area contributed by atoms with Crippen LogP contribution in [0.3, 0.4) is 0 Å². The van der Waals surface area contributed by atoms with Gasteiger partial charge in [-0.1, -0.05) is 24.6 Å². The van der Waals surface area contributed by atoms with Crippen LogP contribution in [0.2, 0.25) is 5.15 Å². The highest BCUT2D eigenvalue weighted by Crippen LogP contribution is 2.59. The molecule has 1 aliphatic rings. The Morgan fingerprint density at radius 1 is 1.54 bits per heavy atom. The van der Waals surface area contributed by atoms with Gasteiger partial charge in [-0.15, -0.1) is 0 Å². The monoisotopic (exact) mass is 393 g/mol. The Hall–Kier alpha value is -1.35.